The highest BCUT2D eigenvalue weighted by atomic mass is 32.2. The third-order valence-electron chi connectivity index (χ3n) is 4.04. The molecule has 0 spiro atoms. The second-order valence-electron chi connectivity index (χ2n) is 6.30. The van der Waals surface area contributed by atoms with Crippen LogP contribution in [0.5, 0.6) is 0 Å². The molecule has 0 saturated carbocycles. The van der Waals surface area contributed by atoms with Crippen molar-refractivity contribution < 1.29 is 44.7 Å². The number of halogens is 7. The molecule has 0 aliphatic carbocycles. The number of benzene rings is 2. The van der Waals surface area contributed by atoms with Crippen LogP contribution in [-0.2, 0) is 11.0 Å². The van der Waals surface area contributed by atoms with Gasteiger partial charge in [-0.2, -0.15) is 13.2 Å². The smallest absolute Gasteiger partial charge is 0.422 e. The molecule has 3 aromatic rings. The van der Waals surface area contributed by atoms with Crippen molar-refractivity contribution in [2.45, 2.75) is 11.1 Å². The summed E-state index contributed by atoms with van der Waals surface area (Å²) in [6.45, 7) is 0. The number of nitrogens with one attached hydrogen (secondary N) is 2. The lowest BCUT2D eigenvalue weighted by molar-refractivity contribution is -0.143. The number of thioether (sulfide) groups is 1. The summed E-state index contributed by atoms with van der Waals surface area (Å²) in [4.78, 5) is 24.3. The minimum Gasteiger partial charge on any atom is -0.459 e. The Kier molecular flexibility index (Phi) is 7.01. The van der Waals surface area contributed by atoms with E-state index in [-0.39, 0.29) is 5.76 Å². The Labute approximate surface area is 185 Å². The summed E-state index contributed by atoms with van der Waals surface area (Å²) in [5, 5.41) is 4.09. The molecule has 3 rings (SSSR count). The molecular weight excluding hydrogens is 481 g/mol. The highest BCUT2D eigenvalue weighted by Gasteiger charge is 2.42. The highest BCUT2D eigenvalue weighted by molar-refractivity contribution is 8.00. The molecule has 2 aromatic carbocycles. The summed E-state index contributed by atoms with van der Waals surface area (Å²) in [5.41, 5.74) is -4.01. The molecule has 0 saturated heterocycles. The molecule has 13 heteroatoms. The van der Waals surface area contributed by atoms with E-state index in [1.807, 2.05) is 0 Å². The van der Waals surface area contributed by atoms with Crippen molar-refractivity contribution in [1.82, 2.24) is 0 Å². The van der Waals surface area contributed by atoms with E-state index >= 15 is 0 Å². The first kappa shape index (κ1) is 24.2. The van der Waals surface area contributed by atoms with Gasteiger partial charge in [-0.1, -0.05) is 0 Å². The van der Waals surface area contributed by atoms with Crippen LogP contribution in [0.1, 0.15) is 16.1 Å². The van der Waals surface area contributed by atoms with Crippen molar-refractivity contribution >= 4 is 35.0 Å². The zero-order valence-electron chi connectivity index (χ0n) is 16.0. The Hall–Kier alpha value is -3.48. The van der Waals surface area contributed by atoms with Crippen LogP contribution in [0, 0.1) is 23.3 Å². The van der Waals surface area contributed by atoms with Gasteiger partial charge in [-0.15, -0.1) is 11.8 Å². The standard InChI is InChI=1S/C20H11F7N2O3S/c21-14-13(20(25,26)27)15(22)17(24)18(16(14)23)29-12(30)8-33-10-5-3-9(4-6-10)28-19(31)11-2-1-7-32-11/h1-7H,8H2,(H,28,31)(H,29,30). The molecule has 33 heavy (non-hydrogen) atoms. The first-order chi connectivity index (χ1) is 15.5. The van der Waals surface area contributed by atoms with Gasteiger partial charge in [0.1, 0.15) is 11.3 Å². The monoisotopic (exact) mass is 492 g/mol. The minimum atomic E-state index is -5.68. The van der Waals surface area contributed by atoms with Gasteiger partial charge in [-0.05, 0) is 36.4 Å². The maximum atomic E-state index is 13.9. The number of anilines is 2. The fourth-order valence-electron chi connectivity index (χ4n) is 2.55. The van der Waals surface area contributed by atoms with E-state index < -0.39 is 58.3 Å². The number of carbonyl (C=O) groups excluding carboxylic acids is 2. The molecule has 1 heterocycles. The van der Waals surface area contributed by atoms with E-state index in [9.17, 15) is 40.3 Å². The zero-order valence-corrected chi connectivity index (χ0v) is 16.8. The van der Waals surface area contributed by atoms with Gasteiger partial charge in [-0.25, -0.2) is 17.6 Å². The molecule has 2 amide bonds. The van der Waals surface area contributed by atoms with Crippen molar-refractivity contribution in [2.75, 3.05) is 16.4 Å². The normalized spacial score (nSPS) is 11.4. The number of hydrogen-bond acceptors (Lipinski definition) is 4. The Morgan fingerprint density at radius 1 is 0.879 bits per heavy atom. The predicted molar refractivity (Wildman–Crippen MR) is 104 cm³/mol. The van der Waals surface area contributed by atoms with Crippen molar-refractivity contribution in [3.63, 3.8) is 0 Å². The molecule has 2 N–H and O–H groups in total. The summed E-state index contributed by atoms with van der Waals surface area (Å²) in [6.07, 6.45) is -4.36. The number of alkyl halides is 3. The number of rotatable bonds is 6. The lowest BCUT2D eigenvalue weighted by Gasteiger charge is -2.14. The number of furan rings is 1. The SMILES string of the molecule is O=C(CSc1ccc(NC(=O)c2ccco2)cc1)Nc1c(F)c(F)c(C(F)(F)F)c(F)c1F. The van der Waals surface area contributed by atoms with E-state index in [2.05, 4.69) is 5.32 Å². The highest BCUT2D eigenvalue weighted by Crippen LogP contribution is 2.38. The van der Waals surface area contributed by atoms with E-state index in [1.165, 1.54) is 48.0 Å². The molecule has 0 unspecified atom stereocenters. The van der Waals surface area contributed by atoms with Gasteiger partial charge in [0.2, 0.25) is 5.91 Å². The van der Waals surface area contributed by atoms with Crippen LogP contribution in [0.15, 0.2) is 52.0 Å². The Bertz CT molecular complexity index is 1150. The Morgan fingerprint density at radius 2 is 1.48 bits per heavy atom. The second-order valence-corrected chi connectivity index (χ2v) is 7.35. The average Bonchev–Trinajstić information content (AvgIpc) is 3.29. The van der Waals surface area contributed by atoms with Crippen LogP contribution >= 0.6 is 11.8 Å². The van der Waals surface area contributed by atoms with E-state index in [0.717, 1.165) is 11.8 Å². The van der Waals surface area contributed by atoms with Crippen molar-refractivity contribution in [3.05, 3.63) is 77.3 Å². The van der Waals surface area contributed by atoms with Gasteiger partial charge >= 0.3 is 6.18 Å². The largest absolute Gasteiger partial charge is 0.459 e. The van der Waals surface area contributed by atoms with Gasteiger partial charge < -0.3 is 15.1 Å². The fourth-order valence-corrected chi connectivity index (χ4v) is 3.25. The summed E-state index contributed by atoms with van der Waals surface area (Å²) < 4.78 is 97.7. The predicted octanol–water partition coefficient (Wildman–Crippen LogP) is 5.84. The number of carbonyl (C=O) groups is 2. The Balaban J connectivity index is 1.63. The molecule has 0 atom stereocenters. The van der Waals surface area contributed by atoms with Crippen molar-refractivity contribution in [1.29, 1.82) is 0 Å². The number of amides is 2. The fraction of sp³-hybridized carbons (Fsp3) is 0.100. The Morgan fingerprint density at radius 3 is 2.00 bits per heavy atom. The minimum absolute atomic E-state index is 0.0840. The molecule has 0 aliphatic rings. The van der Waals surface area contributed by atoms with E-state index in [4.69, 9.17) is 4.42 Å². The molecule has 0 bridgehead atoms. The van der Waals surface area contributed by atoms with Gasteiger partial charge in [0, 0.05) is 10.6 Å². The second kappa shape index (κ2) is 9.57. The van der Waals surface area contributed by atoms with Gasteiger partial charge in [0.05, 0.1) is 12.0 Å². The summed E-state index contributed by atoms with van der Waals surface area (Å²) in [7, 11) is 0. The molecule has 5 nitrogen and oxygen atoms in total. The number of hydrogen-bond donors (Lipinski definition) is 2. The van der Waals surface area contributed by atoms with Crippen molar-refractivity contribution in [2.24, 2.45) is 0 Å². The van der Waals surface area contributed by atoms with Crippen LogP contribution in [-0.4, -0.2) is 17.6 Å². The van der Waals surface area contributed by atoms with Gasteiger partial charge in [0.15, 0.2) is 29.0 Å². The van der Waals surface area contributed by atoms with Gasteiger partial charge in [0.25, 0.3) is 5.91 Å². The van der Waals surface area contributed by atoms with Crippen LogP contribution in [0.2, 0.25) is 0 Å². The third kappa shape index (κ3) is 5.48. The topological polar surface area (TPSA) is 71.3 Å². The molecular formula is C20H11F7N2O3S. The average molecular weight is 492 g/mol. The first-order valence-electron chi connectivity index (χ1n) is 8.79. The summed E-state index contributed by atoms with van der Waals surface area (Å²) in [5.74, 6) is -12.1. The first-order valence-corrected chi connectivity index (χ1v) is 9.78. The summed E-state index contributed by atoms with van der Waals surface area (Å²) >= 11 is 0.845. The maximum Gasteiger partial charge on any atom is 0.422 e. The van der Waals surface area contributed by atoms with Crippen LogP contribution in [0.3, 0.4) is 0 Å². The summed E-state index contributed by atoms with van der Waals surface area (Å²) in [6, 6.07) is 8.95. The third-order valence-corrected chi connectivity index (χ3v) is 5.05. The van der Waals surface area contributed by atoms with Crippen LogP contribution in [0.25, 0.3) is 0 Å². The lowest BCUT2D eigenvalue weighted by Crippen LogP contribution is -2.21. The maximum absolute atomic E-state index is 13.9. The molecule has 0 radical (unpaired) electrons. The lowest BCUT2D eigenvalue weighted by atomic mass is 10.1. The molecule has 174 valence electrons. The van der Waals surface area contributed by atoms with Crippen LogP contribution in [0.4, 0.5) is 42.1 Å². The molecule has 0 fully saturated rings. The van der Waals surface area contributed by atoms with E-state index in [0.29, 0.717) is 10.6 Å². The van der Waals surface area contributed by atoms with Crippen LogP contribution < -0.4 is 10.6 Å². The van der Waals surface area contributed by atoms with E-state index in [1.54, 1.807) is 0 Å². The molecule has 1 aromatic heterocycles. The van der Waals surface area contributed by atoms with Crippen molar-refractivity contribution in [3.8, 4) is 0 Å². The van der Waals surface area contributed by atoms with Gasteiger partial charge in [-0.3, -0.25) is 9.59 Å². The zero-order chi connectivity index (χ0) is 24.3. The molecule has 0 aliphatic heterocycles. The quantitative estimate of drug-likeness (QED) is 0.258.